The molecule has 16 heavy (non-hydrogen) atoms. The summed E-state index contributed by atoms with van der Waals surface area (Å²) >= 11 is 0. The number of hydrogen-bond donors (Lipinski definition) is 1. The van der Waals surface area contributed by atoms with Crippen LogP contribution in [0.15, 0.2) is 30.3 Å². The molecule has 0 spiro atoms. The van der Waals surface area contributed by atoms with Crippen molar-refractivity contribution in [1.29, 1.82) is 0 Å². The van der Waals surface area contributed by atoms with Crippen LogP contribution in [-0.2, 0) is 0 Å². The molecule has 2 heteroatoms. The van der Waals surface area contributed by atoms with Crippen LogP contribution >= 0.6 is 0 Å². The fourth-order valence-corrected chi connectivity index (χ4v) is 1.89. The van der Waals surface area contributed by atoms with Crippen LogP contribution in [0, 0.1) is 5.92 Å². The zero-order valence-electron chi connectivity index (χ0n) is 10.6. The molecule has 0 amide bonds. The van der Waals surface area contributed by atoms with Crippen LogP contribution in [0.1, 0.15) is 26.7 Å². The zero-order chi connectivity index (χ0) is 11.8. The van der Waals surface area contributed by atoms with Gasteiger partial charge in [-0.25, -0.2) is 0 Å². The molecule has 2 atom stereocenters. The van der Waals surface area contributed by atoms with E-state index in [2.05, 4.69) is 19.2 Å². The van der Waals surface area contributed by atoms with Gasteiger partial charge in [0.05, 0.1) is 6.61 Å². The molecule has 0 radical (unpaired) electrons. The van der Waals surface area contributed by atoms with Crippen molar-refractivity contribution in [1.82, 2.24) is 5.32 Å². The Kier molecular flexibility index (Phi) is 5.94. The number of rotatable bonds is 7. The van der Waals surface area contributed by atoms with Crippen molar-refractivity contribution in [2.24, 2.45) is 5.92 Å². The molecule has 1 aromatic carbocycles. The predicted octanol–water partition coefficient (Wildman–Crippen LogP) is 3.09. The number of hydrogen-bond acceptors (Lipinski definition) is 2. The molecule has 0 aliphatic rings. The van der Waals surface area contributed by atoms with Crippen molar-refractivity contribution in [3.05, 3.63) is 30.3 Å². The van der Waals surface area contributed by atoms with Gasteiger partial charge in [0.1, 0.15) is 5.75 Å². The number of ether oxygens (including phenoxy) is 1. The zero-order valence-corrected chi connectivity index (χ0v) is 10.6. The average molecular weight is 221 g/mol. The molecule has 0 bridgehead atoms. The first kappa shape index (κ1) is 13.0. The molecular formula is C14H23NO. The first-order chi connectivity index (χ1) is 7.77. The third-order valence-electron chi connectivity index (χ3n) is 3.19. The highest BCUT2D eigenvalue weighted by molar-refractivity contribution is 5.20. The van der Waals surface area contributed by atoms with E-state index in [4.69, 9.17) is 4.74 Å². The predicted molar refractivity (Wildman–Crippen MR) is 68.9 cm³/mol. The molecule has 1 rings (SSSR count). The molecule has 2 nitrogen and oxygen atoms in total. The van der Waals surface area contributed by atoms with Crippen molar-refractivity contribution >= 4 is 0 Å². The van der Waals surface area contributed by atoms with Crippen molar-refractivity contribution < 1.29 is 4.74 Å². The van der Waals surface area contributed by atoms with Crippen LogP contribution < -0.4 is 10.1 Å². The van der Waals surface area contributed by atoms with Gasteiger partial charge in [-0.15, -0.1) is 0 Å². The summed E-state index contributed by atoms with van der Waals surface area (Å²) in [5.41, 5.74) is 0. The summed E-state index contributed by atoms with van der Waals surface area (Å²) in [6, 6.07) is 10.6. The lowest BCUT2D eigenvalue weighted by Gasteiger charge is -2.22. The molecule has 0 heterocycles. The van der Waals surface area contributed by atoms with Crippen LogP contribution in [-0.4, -0.2) is 19.7 Å². The van der Waals surface area contributed by atoms with E-state index >= 15 is 0 Å². The van der Waals surface area contributed by atoms with Crippen LogP contribution in [0.25, 0.3) is 0 Å². The van der Waals surface area contributed by atoms with Gasteiger partial charge >= 0.3 is 0 Å². The molecule has 2 unspecified atom stereocenters. The summed E-state index contributed by atoms with van der Waals surface area (Å²) in [7, 11) is 2.02. The quantitative estimate of drug-likeness (QED) is 0.764. The first-order valence-corrected chi connectivity index (χ1v) is 6.13. The van der Waals surface area contributed by atoms with Gasteiger partial charge in [-0.2, -0.15) is 0 Å². The normalized spacial score (nSPS) is 14.4. The van der Waals surface area contributed by atoms with Crippen molar-refractivity contribution in [2.45, 2.75) is 32.7 Å². The van der Waals surface area contributed by atoms with E-state index in [1.54, 1.807) is 0 Å². The fourth-order valence-electron chi connectivity index (χ4n) is 1.89. The van der Waals surface area contributed by atoms with Gasteiger partial charge < -0.3 is 10.1 Å². The van der Waals surface area contributed by atoms with Gasteiger partial charge in [0.15, 0.2) is 0 Å². The maximum Gasteiger partial charge on any atom is 0.119 e. The van der Waals surface area contributed by atoms with E-state index in [0.29, 0.717) is 12.0 Å². The molecule has 0 aliphatic carbocycles. The minimum absolute atomic E-state index is 0.560. The molecule has 0 saturated carbocycles. The third-order valence-corrected chi connectivity index (χ3v) is 3.19. The highest BCUT2D eigenvalue weighted by Crippen LogP contribution is 2.15. The second kappa shape index (κ2) is 7.29. The standard InChI is InChI=1S/C14H23NO/c1-4-13(12(2)15-3)10-11-16-14-8-6-5-7-9-14/h5-9,12-13,15H,4,10-11H2,1-3H3. The topological polar surface area (TPSA) is 21.3 Å². The first-order valence-electron chi connectivity index (χ1n) is 6.13. The smallest absolute Gasteiger partial charge is 0.119 e. The minimum atomic E-state index is 0.560. The number of para-hydroxylation sites is 1. The second-order valence-electron chi connectivity index (χ2n) is 4.20. The fraction of sp³-hybridized carbons (Fsp3) is 0.571. The van der Waals surface area contributed by atoms with E-state index in [-0.39, 0.29) is 0 Å². The van der Waals surface area contributed by atoms with Crippen molar-refractivity contribution in [3.63, 3.8) is 0 Å². The Balaban J connectivity index is 2.28. The van der Waals surface area contributed by atoms with Crippen LogP contribution in [0.4, 0.5) is 0 Å². The summed E-state index contributed by atoms with van der Waals surface area (Å²) in [5.74, 6) is 1.66. The molecule has 0 aromatic heterocycles. The summed E-state index contributed by atoms with van der Waals surface area (Å²) < 4.78 is 5.71. The highest BCUT2D eigenvalue weighted by Gasteiger charge is 2.13. The lowest BCUT2D eigenvalue weighted by molar-refractivity contribution is 0.251. The number of nitrogens with one attached hydrogen (secondary N) is 1. The molecule has 0 saturated heterocycles. The molecule has 0 aliphatic heterocycles. The average Bonchev–Trinajstić information content (AvgIpc) is 2.35. The minimum Gasteiger partial charge on any atom is -0.494 e. The number of benzene rings is 1. The summed E-state index contributed by atoms with van der Waals surface area (Å²) in [4.78, 5) is 0. The molecule has 1 N–H and O–H groups in total. The Labute approximate surface area is 99.0 Å². The molecule has 90 valence electrons. The maximum atomic E-state index is 5.71. The summed E-state index contributed by atoms with van der Waals surface area (Å²) in [5, 5.41) is 3.31. The van der Waals surface area contributed by atoms with E-state index in [9.17, 15) is 0 Å². The van der Waals surface area contributed by atoms with E-state index in [0.717, 1.165) is 18.8 Å². The maximum absolute atomic E-state index is 5.71. The molecule has 0 fully saturated rings. The Morgan fingerprint density at radius 2 is 1.94 bits per heavy atom. The lowest BCUT2D eigenvalue weighted by atomic mass is 9.95. The summed E-state index contributed by atoms with van der Waals surface area (Å²) in [6.45, 7) is 5.27. The van der Waals surface area contributed by atoms with Crippen LogP contribution in [0.5, 0.6) is 5.75 Å². The summed E-state index contributed by atoms with van der Waals surface area (Å²) in [6.07, 6.45) is 2.30. The van der Waals surface area contributed by atoms with Gasteiger partial charge in [-0.1, -0.05) is 31.5 Å². The Morgan fingerprint density at radius 1 is 1.25 bits per heavy atom. The Bertz CT molecular complexity index is 273. The Morgan fingerprint density at radius 3 is 2.50 bits per heavy atom. The monoisotopic (exact) mass is 221 g/mol. The third kappa shape index (κ3) is 4.23. The van der Waals surface area contributed by atoms with Gasteiger partial charge in [0, 0.05) is 6.04 Å². The van der Waals surface area contributed by atoms with E-state index in [1.807, 2.05) is 37.4 Å². The van der Waals surface area contributed by atoms with E-state index < -0.39 is 0 Å². The van der Waals surface area contributed by atoms with Crippen LogP contribution in [0.2, 0.25) is 0 Å². The van der Waals surface area contributed by atoms with Gasteiger partial charge in [0.25, 0.3) is 0 Å². The van der Waals surface area contributed by atoms with Gasteiger partial charge in [-0.05, 0) is 38.4 Å². The van der Waals surface area contributed by atoms with Gasteiger partial charge in [-0.3, -0.25) is 0 Å². The van der Waals surface area contributed by atoms with Crippen LogP contribution in [0.3, 0.4) is 0 Å². The highest BCUT2D eigenvalue weighted by atomic mass is 16.5. The lowest BCUT2D eigenvalue weighted by Crippen LogP contribution is -2.31. The van der Waals surface area contributed by atoms with Gasteiger partial charge in [0.2, 0.25) is 0 Å². The SMILES string of the molecule is CCC(CCOc1ccccc1)C(C)NC. The Hall–Kier alpha value is -1.02. The molecule has 1 aromatic rings. The van der Waals surface area contributed by atoms with E-state index in [1.165, 1.54) is 6.42 Å². The van der Waals surface area contributed by atoms with Crippen molar-refractivity contribution in [3.8, 4) is 5.75 Å². The largest absolute Gasteiger partial charge is 0.494 e. The second-order valence-corrected chi connectivity index (χ2v) is 4.20. The van der Waals surface area contributed by atoms with Crippen molar-refractivity contribution in [2.75, 3.05) is 13.7 Å². The molecular weight excluding hydrogens is 198 g/mol.